The number of anilines is 1. The van der Waals surface area contributed by atoms with E-state index in [2.05, 4.69) is 15.1 Å². The molecule has 192 valence electrons. The molecule has 8 nitrogen and oxygen atoms in total. The van der Waals surface area contributed by atoms with E-state index in [1.54, 1.807) is 58.2 Å². The van der Waals surface area contributed by atoms with Crippen LogP contribution in [0.1, 0.15) is 32.0 Å². The molecule has 0 saturated heterocycles. The Hall–Kier alpha value is -4.28. The van der Waals surface area contributed by atoms with E-state index in [4.69, 9.17) is 0 Å². The predicted octanol–water partition coefficient (Wildman–Crippen LogP) is 5.25. The van der Waals surface area contributed by atoms with Crippen molar-refractivity contribution in [2.24, 2.45) is 5.41 Å². The van der Waals surface area contributed by atoms with Crippen molar-refractivity contribution in [3.8, 4) is 22.5 Å². The molecule has 1 aromatic carbocycles. The number of aliphatic carboxylic acids is 1. The molecular formula is C26H24F3N5O3. The van der Waals surface area contributed by atoms with E-state index in [1.807, 2.05) is 0 Å². The predicted molar refractivity (Wildman–Crippen MR) is 131 cm³/mol. The molecule has 0 aliphatic heterocycles. The van der Waals surface area contributed by atoms with E-state index in [-0.39, 0.29) is 17.2 Å². The number of aryl methyl sites for hydroxylation is 1. The molecule has 1 amide bonds. The molecule has 0 atom stereocenters. The van der Waals surface area contributed by atoms with Crippen LogP contribution in [0.5, 0.6) is 0 Å². The molecule has 11 heteroatoms. The first kappa shape index (κ1) is 25.8. The monoisotopic (exact) mass is 511 g/mol. The van der Waals surface area contributed by atoms with Crippen LogP contribution in [0.3, 0.4) is 0 Å². The molecule has 1 N–H and O–H groups in total. The molecule has 4 aromatic rings. The zero-order valence-electron chi connectivity index (χ0n) is 20.5. The summed E-state index contributed by atoms with van der Waals surface area (Å²) in [7, 11) is 0. The van der Waals surface area contributed by atoms with Crippen molar-refractivity contribution in [2.45, 2.75) is 33.9 Å². The van der Waals surface area contributed by atoms with Gasteiger partial charge in [0.25, 0.3) is 0 Å². The highest BCUT2D eigenvalue weighted by Gasteiger charge is 2.36. The van der Waals surface area contributed by atoms with Crippen molar-refractivity contribution in [3.63, 3.8) is 0 Å². The number of amides is 1. The number of hydrogen-bond donors (Lipinski definition) is 1. The number of imidazole rings is 1. The fourth-order valence-electron chi connectivity index (χ4n) is 3.87. The number of nitrogens with zero attached hydrogens (tertiary/aromatic N) is 5. The third-order valence-corrected chi connectivity index (χ3v) is 5.65. The van der Waals surface area contributed by atoms with E-state index in [0.29, 0.717) is 28.2 Å². The zero-order chi connectivity index (χ0) is 27.1. The smallest absolute Gasteiger partial charge is 0.434 e. The molecule has 0 aliphatic carbocycles. The number of fused-ring (bicyclic) bond motifs is 1. The standard InChI is InChI=1S/C26H24F3N5O3/c1-15-7-8-16(12-20(15)33(14-22(35)36)24(37)25(2,3)4)19-13-34-21(31-19)10-9-18(32-34)17-6-5-11-30-23(17)26(27,28)29/h5-13H,14H2,1-4H3,(H,35,36). The summed E-state index contributed by atoms with van der Waals surface area (Å²) in [5.41, 5.74) is 0.620. The largest absolute Gasteiger partial charge is 0.480 e. The Kier molecular flexibility index (Phi) is 6.49. The maximum Gasteiger partial charge on any atom is 0.434 e. The summed E-state index contributed by atoms with van der Waals surface area (Å²) in [6, 6.07) is 10.9. The summed E-state index contributed by atoms with van der Waals surface area (Å²) in [5.74, 6) is -1.51. The number of carbonyl (C=O) groups excluding carboxylic acids is 1. The second-order valence-corrected chi connectivity index (χ2v) is 9.58. The van der Waals surface area contributed by atoms with Gasteiger partial charge in [-0.3, -0.25) is 14.6 Å². The first-order valence-corrected chi connectivity index (χ1v) is 11.3. The third-order valence-electron chi connectivity index (χ3n) is 5.65. The first-order valence-electron chi connectivity index (χ1n) is 11.3. The van der Waals surface area contributed by atoms with Crippen LogP contribution in [0.25, 0.3) is 28.2 Å². The van der Waals surface area contributed by atoms with Crippen LogP contribution in [0.15, 0.2) is 54.9 Å². The van der Waals surface area contributed by atoms with E-state index in [0.717, 1.165) is 6.20 Å². The molecule has 0 unspecified atom stereocenters. The van der Waals surface area contributed by atoms with Gasteiger partial charge < -0.3 is 10.0 Å². The van der Waals surface area contributed by atoms with Crippen LogP contribution in [0.2, 0.25) is 0 Å². The van der Waals surface area contributed by atoms with Crippen LogP contribution in [0, 0.1) is 12.3 Å². The molecule has 4 rings (SSSR count). The molecule has 3 aromatic heterocycles. The van der Waals surface area contributed by atoms with Gasteiger partial charge in [0, 0.05) is 28.4 Å². The maximum absolute atomic E-state index is 13.4. The average molecular weight is 512 g/mol. The average Bonchev–Trinajstić information content (AvgIpc) is 3.25. The fraction of sp³-hybridized carbons (Fsp3) is 0.269. The van der Waals surface area contributed by atoms with E-state index >= 15 is 0 Å². The highest BCUT2D eigenvalue weighted by Crippen LogP contribution is 2.35. The first-order chi connectivity index (χ1) is 17.3. The number of aromatic nitrogens is 4. The molecular weight excluding hydrogens is 487 g/mol. The number of rotatable bonds is 5. The van der Waals surface area contributed by atoms with Gasteiger partial charge in [0.1, 0.15) is 6.54 Å². The van der Waals surface area contributed by atoms with Crippen molar-refractivity contribution < 1.29 is 27.9 Å². The summed E-state index contributed by atoms with van der Waals surface area (Å²) in [6.07, 6.45) is -2.00. The Bertz CT molecular complexity index is 1510. The lowest BCUT2D eigenvalue weighted by atomic mass is 9.93. The van der Waals surface area contributed by atoms with E-state index in [1.165, 1.54) is 27.6 Å². The molecule has 0 spiro atoms. The maximum atomic E-state index is 13.4. The molecule has 0 aliphatic rings. The quantitative estimate of drug-likeness (QED) is 0.393. The molecule has 0 radical (unpaired) electrons. The highest BCUT2D eigenvalue weighted by molar-refractivity contribution is 6.01. The number of carbonyl (C=O) groups is 2. The number of benzene rings is 1. The Morgan fingerprint density at radius 2 is 1.78 bits per heavy atom. The minimum absolute atomic E-state index is 0.0740. The number of alkyl halides is 3. The van der Waals surface area contributed by atoms with Crippen LogP contribution in [-0.2, 0) is 15.8 Å². The molecule has 0 bridgehead atoms. The summed E-state index contributed by atoms with van der Waals surface area (Å²) in [5, 5.41) is 13.7. The lowest BCUT2D eigenvalue weighted by molar-refractivity contribution is -0.140. The van der Waals surface area contributed by atoms with Crippen molar-refractivity contribution in [2.75, 3.05) is 11.4 Å². The number of hydrogen-bond acceptors (Lipinski definition) is 5. The van der Waals surface area contributed by atoms with Gasteiger partial charge >= 0.3 is 12.1 Å². The van der Waals surface area contributed by atoms with Crippen molar-refractivity contribution in [1.82, 2.24) is 19.6 Å². The van der Waals surface area contributed by atoms with Gasteiger partial charge in [-0.25, -0.2) is 9.50 Å². The van der Waals surface area contributed by atoms with Crippen LogP contribution >= 0.6 is 0 Å². The second-order valence-electron chi connectivity index (χ2n) is 9.58. The van der Waals surface area contributed by atoms with Gasteiger partial charge in [-0.2, -0.15) is 18.3 Å². The summed E-state index contributed by atoms with van der Waals surface area (Å²) >= 11 is 0. The van der Waals surface area contributed by atoms with Crippen LogP contribution in [-0.4, -0.2) is 43.1 Å². The van der Waals surface area contributed by atoms with Gasteiger partial charge in [-0.05, 0) is 42.8 Å². The normalized spacial score (nSPS) is 12.1. The molecule has 0 saturated carbocycles. The van der Waals surface area contributed by atoms with Crippen LogP contribution in [0.4, 0.5) is 18.9 Å². The highest BCUT2D eigenvalue weighted by atomic mass is 19.4. The van der Waals surface area contributed by atoms with Crippen molar-refractivity contribution >= 4 is 23.2 Å². The Balaban J connectivity index is 1.78. The van der Waals surface area contributed by atoms with Gasteiger partial charge in [0.15, 0.2) is 11.3 Å². The number of pyridine rings is 1. The lowest BCUT2D eigenvalue weighted by Crippen LogP contribution is -2.43. The molecule has 0 fully saturated rings. The van der Waals surface area contributed by atoms with Gasteiger partial charge in [-0.15, -0.1) is 0 Å². The fourth-order valence-corrected chi connectivity index (χ4v) is 3.87. The van der Waals surface area contributed by atoms with Gasteiger partial charge in [0.2, 0.25) is 5.91 Å². The Morgan fingerprint density at radius 3 is 2.43 bits per heavy atom. The zero-order valence-corrected chi connectivity index (χ0v) is 20.5. The van der Waals surface area contributed by atoms with Gasteiger partial charge in [0.05, 0.1) is 17.6 Å². The number of carboxylic acids is 1. The SMILES string of the molecule is Cc1ccc(-c2cn3nc(-c4cccnc4C(F)(F)F)ccc3n2)cc1N(CC(=O)O)C(=O)C(C)(C)C. The molecule has 37 heavy (non-hydrogen) atoms. The Labute approximate surface area is 210 Å². The minimum Gasteiger partial charge on any atom is -0.480 e. The Morgan fingerprint density at radius 1 is 1.05 bits per heavy atom. The van der Waals surface area contributed by atoms with Crippen molar-refractivity contribution in [3.05, 3.63) is 66.1 Å². The van der Waals surface area contributed by atoms with Crippen LogP contribution < -0.4 is 4.90 Å². The number of halogens is 3. The van der Waals surface area contributed by atoms with E-state index in [9.17, 15) is 27.9 Å². The third kappa shape index (κ3) is 5.30. The lowest BCUT2D eigenvalue weighted by Gasteiger charge is -2.29. The van der Waals surface area contributed by atoms with E-state index < -0.39 is 29.8 Å². The summed E-state index contributed by atoms with van der Waals surface area (Å²) in [6.45, 7) is 6.39. The van der Waals surface area contributed by atoms with Gasteiger partial charge in [-0.1, -0.05) is 32.9 Å². The topological polar surface area (TPSA) is 101 Å². The number of carboxylic acid groups (broad SMARTS) is 1. The summed E-state index contributed by atoms with van der Waals surface area (Å²) in [4.78, 5) is 33.8. The minimum atomic E-state index is -4.64. The summed E-state index contributed by atoms with van der Waals surface area (Å²) < 4.78 is 41.7. The van der Waals surface area contributed by atoms with Crippen molar-refractivity contribution in [1.29, 1.82) is 0 Å². The second kappa shape index (κ2) is 9.30. The molecule has 3 heterocycles.